The minimum atomic E-state index is -0.401. The van der Waals surface area contributed by atoms with E-state index in [9.17, 15) is 4.39 Å². The lowest BCUT2D eigenvalue weighted by molar-refractivity contribution is 0.280. The summed E-state index contributed by atoms with van der Waals surface area (Å²) in [5.41, 5.74) is 6.63. The van der Waals surface area contributed by atoms with Crippen LogP contribution >= 0.6 is 11.6 Å². The molecule has 0 saturated carbocycles. The number of ether oxygens (including phenoxy) is 2. The highest BCUT2D eigenvalue weighted by atomic mass is 35.5. The number of anilines is 1. The van der Waals surface area contributed by atoms with Crippen LogP contribution in [0.15, 0.2) is 36.4 Å². The molecule has 0 aliphatic heterocycles. The van der Waals surface area contributed by atoms with Crippen molar-refractivity contribution in [3.63, 3.8) is 0 Å². The van der Waals surface area contributed by atoms with E-state index in [1.807, 2.05) is 0 Å². The molecule has 0 aliphatic rings. The second-order valence-corrected chi connectivity index (χ2v) is 4.37. The van der Waals surface area contributed by atoms with Gasteiger partial charge in [0.1, 0.15) is 12.4 Å². The summed E-state index contributed by atoms with van der Waals surface area (Å²) in [4.78, 5) is 0. The van der Waals surface area contributed by atoms with Gasteiger partial charge in [-0.3, -0.25) is 0 Å². The summed E-state index contributed by atoms with van der Waals surface area (Å²) in [6.07, 6.45) is 0. The normalized spacial score (nSPS) is 10.3. The zero-order valence-electron chi connectivity index (χ0n) is 10.3. The largest absolute Gasteiger partial charge is 0.493 e. The lowest BCUT2D eigenvalue weighted by Gasteiger charge is -2.11. The van der Waals surface area contributed by atoms with Crippen molar-refractivity contribution in [2.45, 2.75) is 6.61 Å². The predicted molar refractivity (Wildman–Crippen MR) is 73.1 cm³/mol. The van der Waals surface area contributed by atoms with Crippen LogP contribution < -0.4 is 15.2 Å². The summed E-state index contributed by atoms with van der Waals surface area (Å²) < 4.78 is 24.3. The number of hydrogen-bond donors (Lipinski definition) is 1. The number of halogens is 2. The molecule has 2 aromatic carbocycles. The summed E-state index contributed by atoms with van der Waals surface area (Å²) in [6.45, 7) is 0.0866. The van der Waals surface area contributed by atoms with Gasteiger partial charge < -0.3 is 15.2 Å². The van der Waals surface area contributed by atoms with Crippen molar-refractivity contribution in [2.75, 3.05) is 12.8 Å². The Balaban J connectivity index is 2.14. The molecule has 2 rings (SSSR count). The standard InChI is InChI=1S/C14H13ClFNO2/c1-18-14-7-11(17)4-5-13(14)19-8-9-2-3-10(15)6-12(9)16/h2-7H,8,17H2,1H3. The average Bonchev–Trinajstić information content (AvgIpc) is 2.39. The molecule has 0 aliphatic carbocycles. The Bertz CT molecular complexity index is 590. The summed E-state index contributed by atoms with van der Waals surface area (Å²) in [7, 11) is 1.52. The molecule has 2 N–H and O–H groups in total. The number of hydrogen-bond acceptors (Lipinski definition) is 3. The molecule has 0 saturated heterocycles. The van der Waals surface area contributed by atoms with Gasteiger partial charge in [-0.15, -0.1) is 0 Å². The lowest BCUT2D eigenvalue weighted by atomic mass is 10.2. The van der Waals surface area contributed by atoms with Gasteiger partial charge in [-0.2, -0.15) is 0 Å². The van der Waals surface area contributed by atoms with Gasteiger partial charge in [-0.05, 0) is 24.3 Å². The van der Waals surface area contributed by atoms with Crippen LogP contribution in [0.25, 0.3) is 0 Å². The molecule has 0 unspecified atom stereocenters. The molecular weight excluding hydrogens is 269 g/mol. The van der Waals surface area contributed by atoms with Crippen molar-refractivity contribution in [1.29, 1.82) is 0 Å². The molecule has 19 heavy (non-hydrogen) atoms. The van der Waals surface area contributed by atoms with E-state index in [2.05, 4.69) is 0 Å². The fraction of sp³-hybridized carbons (Fsp3) is 0.143. The summed E-state index contributed by atoms with van der Waals surface area (Å²) in [5.74, 6) is 0.613. The first-order valence-electron chi connectivity index (χ1n) is 5.60. The van der Waals surface area contributed by atoms with Gasteiger partial charge in [0.2, 0.25) is 0 Å². The van der Waals surface area contributed by atoms with Gasteiger partial charge in [-0.1, -0.05) is 17.7 Å². The van der Waals surface area contributed by atoms with Crippen LogP contribution in [0.5, 0.6) is 11.5 Å². The number of nitrogens with two attached hydrogens (primary N) is 1. The van der Waals surface area contributed by atoms with Crippen molar-refractivity contribution in [3.8, 4) is 11.5 Å². The fourth-order valence-corrected chi connectivity index (χ4v) is 1.76. The number of rotatable bonds is 4. The molecular formula is C14H13ClFNO2. The number of benzene rings is 2. The second-order valence-electron chi connectivity index (χ2n) is 3.93. The van der Waals surface area contributed by atoms with Gasteiger partial charge in [0.15, 0.2) is 11.5 Å². The highest BCUT2D eigenvalue weighted by Gasteiger charge is 2.07. The Hall–Kier alpha value is -1.94. The topological polar surface area (TPSA) is 44.5 Å². The smallest absolute Gasteiger partial charge is 0.162 e. The lowest BCUT2D eigenvalue weighted by Crippen LogP contribution is -2.00. The first-order valence-corrected chi connectivity index (χ1v) is 5.98. The van der Waals surface area contributed by atoms with Crippen LogP contribution in [0.3, 0.4) is 0 Å². The second kappa shape index (κ2) is 5.80. The van der Waals surface area contributed by atoms with E-state index in [4.69, 9.17) is 26.8 Å². The highest BCUT2D eigenvalue weighted by molar-refractivity contribution is 6.30. The highest BCUT2D eigenvalue weighted by Crippen LogP contribution is 2.30. The minimum Gasteiger partial charge on any atom is -0.493 e. The van der Waals surface area contributed by atoms with Gasteiger partial charge in [-0.25, -0.2) is 4.39 Å². The Kier molecular flexibility index (Phi) is 4.12. The van der Waals surface area contributed by atoms with Crippen LogP contribution in [-0.2, 0) is 6.61 Å². The molecule has 0 radical (unpaired) electrons. The maximum atomic E-state index is 13.6. The third-order valence-electron chi connectivity index (χ3n) is 2.59. The Morgan fingerprint density at radius 3 is 2.63 bits per heavy atom. The van der Waals surface area contributed by atoms with Gasteiger partial charge in [0, 0.05) is 22.3 Å². The number of methoxy groups -OCH3 is 1. The molecule has 100 valence electrons. The quantitative estimate of drug-likeness (QED) is 0.870. The Morgan fingerprint density at radius 1 is 1.16 bits per heavy atom. The fourth-order valence-electron chi connectivity index (χ4n) is 1.60. The van der Waals surface area contributed by atoms with Crippen molar-refractivity contribution in [3.05, 3.63) is 52.8 Å². The van der Waals surface area contributed by atoms with E-state index in [1.54, 1.807) is 30.3 Å². The third-order valence-corrected chi connectivity index (χ3v) is 2.82. The summed E-state index contributed by atoms with van der Waals surface area (Å²) >= 11 is 5.68. The van der Waals surface area contributed by atoms with E-state index in [0.29, 0.717) is 27.8 Å². The number of nitrogen functional groups attached to an aromatic ring is 1. The molecule has 0 heterocycles. The van der Waals surface area contributed by atoms with Gasteiger partial charge in [0.05, 0.1) is 7.11 Å². The first-order chi connectivity index (χ1) is 9.10. The van der Waals surface area contributed by atoms with Crippen LogP contribution in [0.1, 0.15) is 5.56 Å². The molecule has 0 aromatic heterocycles. The van der Waals surface area contributed by atoms with Crippen molar-refractivity contribution in [1.82, 2.24) is 0 Å². The Morgan fingerprint density at radius 2 is 1.95 bits per heavy atom. The molecule has 0 spiro atoms. The molecule has 5 heteroatoms. The van der Waals surface area contributed by atoms with E-state index < -0.39 is 5.82 Å². The molecule has 0 atom stereocenters. The first kappa shape index (κ1) is 13.5. The predicted octanol–water partition coefficient (Wildman–Crippen LogP) is 3.65. The van der Waals surface area contributed by atoms with Crippen LogP contribution in [-0.4, -0.2) is 7.11 Å². The zero-order chi connectivity index (χ0) is 13.8. The van der Waals surface area contributed by atoms with Crippen molar-refractivity contribution in [2.24, 2.45) is 0 Å². The summed E-state index contributed by atoms with van der Waals surface area (Å²) in [6, 6.07) is 9.47. The molecule has 3 nitrogen and oxygen atoms in total. The zero-order valence-corrected chi connectivity index (χ0v) is 11.1. The maximum absolute atomic E-state index is 13.6. The van der Waals surface area contributed by atoms with E-state index >= 15 is 0 Å². The third kappa shape index (κ3) is 3.29. The molecule has 0 bridgehead atoms. The van der Waals surface area contributed by atoms with Crippen LogP contribution in [0, 0.1) is 5.82 Å². The van der Waals surface area contributed by atoms with Crippen LogP contribution in [0.4, 0.5) is 10.1 Å². The van der Waals surface area contributed by atoms with Crippen molar-refractivity contribution < 1.29 is 13.9 Å². The summed E-state index contributed by atoms with van der Waals surface area (Å²) in [5, 5.41) is 0.353. The molecule has 0 fully saturated rings. The van der Waals surface area contributed by atoms with Crippen molar-refractivity contribution >= 4 is 17.3 Å². The van der Waals surface area contributed by atoms with E-state index in [1.165, 1.54) is 13.2 Å². The molecule has 0 amide bonds. The molecule has 2 aromatic rings. The van der Waals surface area contributed by atoms with Crippen LogP contribution in [0.2, 0.25) is 5.02 Å². The van der Waals surface area contributed by atoms with E-state index in [-0.39, 0.29) is 6.61 Å². The maximum Gasteiger partial charge on any atom is 0.162 e. The van der Waals surface area contributed by atoms with Gasteiger partial charge >= 0.3 is 0 Å². The minimum absolute atomic E-state index is 0.0866. The monoisotopic (exact) mass is 281 g/mol. The Labute approximate surface area is 115 Å². The van der Waals surface area contributed by atoms with Gasteiger partial charge in [0.25, 0.3) is 0 Å². The average molecular weight is 282 g/mol. The SMILES string of the molecule is COc1cc(N)ccc1OCc1ccc(Cl)cc1F. The van der Waals surface area contributed by atoms with E-state index in [0.717, 1.165) is 0 Å².